The van der Waals surface area contributed by atoms with E-state index in [0.717, 1.165) is 31.9 Å². The van der Waals surface area contributed by atoms with E-state index in [1.807, 2.05) is 12.3 Å². The van der Waals surface area contributed by atoms with Gasteiger partial charge in [-0.05, 0) is 44.0 Å². The van der Waals surface area contributed by atoms with Crippen molar-refractivity contribution in [1.29, 1.82) is 0 Å². The van der Waals surface area contributed by atoms with Gasteiger partial charge in [-0.15, -0.1) is 0 Å². The molecule has 0 amide bonds. The molecule has 0 aliphatic carbocycles. The van der Waals surface area contributed by atoms with Crippen molar-refractivity contribution >= 4 is 0 Å². The minimum absolute atomic E-state index is 0.375. The van der Waals surface area contributed by atoms with Gasteiger partial charge in [0.1, 0.15) is 0 Å². The molecule has 0 atom stereocenters. The second-order valence-electron chi connectivity index (χ2n) is 5.48. The predicted molar refractivity (Wildman–Crippen MR) is 82.1 cm³/mol. The Morgan fingerprint density at radius 1 is 1.21 bits per heavy atom. The van der Waals surface area contributed by atoms with Crippen LogP contribution in [0.1, 0.15) is 39.3 Å². The number of rotatable bonds is 9. The largest absolute Gasteiger partial charge is 0.316 e. The van der Waals surface area contributed by atoms with Gasteiger partial charge in [0.2, 0.25) is 0 Å². The van der Waals surface area contributed by atoms with Crippen molar-refractivity contribution < 1.29 is 0 Å². The number of pyridine rings is 1. The maximum atomic E-state index is 4.41. The highest BCUT2D eigenvalue weighted by molar-refractivity contribution is 5.03. The second-order valence-corrected chi connectivity index (χ2v) is 5.48. The lowest BCUT2D eigenvalue weighted by molar-refractivity contribution is 0.150. The van der Waals surface area contributed by atoms with Crippen LogP contribution in [0.5, 0.6) is 0 Å². The Kier molecular flexibility index (Phi) is 7.03. The van der Waals surface area contributed by atoms with Crippen LogP contribution in [0.15, 0.2) is 24.4 Å². The molecule has 0 radical (unpaired) electrons. The second kappa shape index (κ2) is 8.28. The topological polar surface area (TPSA) is 28.2 Å². The Balaban J connectivity index is 2.58. The summed E-state index contributed by atoms with van der Waals surface area (Å²) >= 11 is 0. The fraction of sp³-hybridized carbons (Fsp3) is 0.688. The van der Waals surface area contributed by atoms with Crippen LogP contribution in [0, 0.1) is 5.41 Å². The molecule has 0 saturated heterocycles. The fourth-order valence-electron chi connectivity index (χ4n) is 2.57. The summed E-state index contributed by atoms with van der Waals surface area (Å²) in [6.07, 6.45) is 4.29. The minimum atomic E-state index is 0.375. The van der Waals surface area contributed by atoms with Gasteiger partial charge in [0, 0.05) is 25.8 Å². The van der Waals surface area contributed by atoms with Crippen molar-refractivity contribution in [1.82, 2.24) is 15.2 Å². The van der Waals surface area contributed by atoms with Crippen molar-refractivity contribution in [2.75, 3.05) is 26.7 Å². The van der Waals surface area contributed by atoms with E-state index in [9.17, 15) is 0 Å². The van der Waals surface area contributed by atoms with E-state index in [4.69, 9.17) is 0 Å². The van der Waals surface area contributed by atoms with Crippen LogP contribution in [0.25, 0.3) is 0 Å². The summed E-state index contributed by atoms with van der Waals surface area (Å²) < 4.78 is 0. The molecule has 1 aromatic rings. The van der Waals surface area contributed by atoms with Crippen LogP contribution in [0.2, 0.25) is 0 Å². The molecule has 3 nitrogen and oxygen atoms in total. The Morgan fingerprint density at radius 3 is 2.47 bits per heavy atom. The number of nitrogens with zero attached hydrogens (tertiary/aromatic N) is 2. The molecular formula is C16H29N3. The van der Waals surface area contributed by atoms with Crippen molar-refractivity contribution in [2.45, 2.75) is 40.2 Å². The first kappa shape index (κ1) is 16.1. The Hall–Kier alpha value is -0.930. The van der Waals surface area contributed by atoms with Crippen LogP contribution < -0.4 is 5.32 Å². The molecule has 108 valence electrons. The molecule has 1 aromatic heterocycles. The first-order valence-electron chi connectivity index (χ1n) is 7.45. The molecule has 1 heterocycles. The van der Waals surface area contributed by atoms with Crippen LogP contribution in [0.4, 0.5) is 0 Å². The van der Waals surface area contributed by atoms with Gasteiger partial charge in [0.15, 0.2) is 0 Å². The third kappa shape index (κ3) is 5.29. The summed E-state index contributed by atoms with van der Waals surface area (Å²) in [5, 5.41) is 3.52. The normalized spacial score (nSPS) is 12.1. The van der Waals surface area contributed by atoms with Gasteiger partial charge in [0.25, 0.3) is 0 Å². The molecule has 0 unspecified atom stereocenters. The first-order valence-corrected chi connectivity index (χ1v) is 7.45. The number of hydrogen-bond acceptors (Lipinski definition) is 3. The Morgan fingerprint density at radius 2 is 1.95 bits per heavy atom. The minimum Gasteiger partial charge on any atom is -0.316 e. The van der Waals surface area contributed by atoms with E-state index in [1.54, 1.807) is 0 Å². The fourth-order valence-corrected chi connectivity index (χ4v) is 2.57. The van der Waals surface area contributed by atoms with Gasteiger partial charge in [-0.1, -0.05) is 26.8 Å². The summed E-state index contributed by atoms with van der Waals surface area (Å²) in [6.45, 7) is 11.0. The highest BCUT2D eigenvalue weighted by Crippen LogP contribution is 2.26. The van der Waals surface area contributed by atoms with E-state index in [1.165, 1.54) is 12.8 Å². The van der Waals surface area contributed by atoms with Gasteiger partial charge in [-0.2, -0.15) is 0 Å². The number of aromatic nitrogens is 1. The quantitative estimate of drug-likeness (QED) is 0.742. The van der Waals surface area contributed by atoms with Crippen LogP contribution >= 0.6 is 0 Å². The van der Waals surface area contributed by atoms with Gasteiger partial charge >= 0.3 is 0 Å². The van der Waals surface area contributed by atoms with Crippen LogP contribution in [-0.2, 0) is 6.54 Å². The van der Waals surface area contributed by atoms with E-state index >= 15 is 0 Å². The van der Waals surface area contributed by atoms with Crippen LogP contribution in [0.3, 0.4) is 0 Å². The zero-order valence-corrected chi connectivity index (χ0v) is 12.9. The van der Waals surface area contributed by atoms with Gasteiger partial charge in [0.05, 0.1) is 5.69 Å². The third-order valence-electron chi connectivity index (χ3n) is 4.01. The summed E-state index contributed by atoms with van der Waals surface area (Å²) in [5.74, 6) is 0. The van der Waals surface area contributed by atoms with Crippen molar-refractivity contribution in [3.05, 3.63) is 30.1 Å². The maximum Gasteiger partial charge on any atom is 0.0543 e. The molecule has 0 spiro atoms. The van der Waals surface area contributed by atoms with E-state index < -0.39 is 0 Å². The molecule has 19 heavy (non-hydrogen) atoms. The lowest BCUT2D eigenvalue weighted by atomic mass is 9.81. The zero-order chi connectivity index (χ0) is 14.1. The summed E-state index contributed by atoms with van der Waals surface area (Å²) in [6, 6.07) is 6.12. The van der Waals surface area contributed by atoms with Crippen molar-refractivity contribution in [3.63, 3.8) is 0 Å². The Labute approximate surface area is 118 Å². The molecule has 1 N–H and O–H groups in total. The monoisotopic (exact) mass is 263 g/mol. The molecule has 0 saturated carbocycles. The third-order valence-corrected chi connectivity index (χ3v) is 4.01. The average Bonchev–Trinajstić information content (AvgIpc) is 2.44. The van der Waals surface area contributed by atoms with Gasteiger partial charge in [-0.25, -0.2) is 0 Å². The Bertz CT molecular complexity index is 333. The molecule has 1 rings (SSSR count). The van der Waals surface area contributed by atoms with Crippen molar-refractivity contribution in [2.24, 2.45) is 5.41 Å². The maximum absolute atomic E-state index is 4.41. The standard InChI is InChI=1S/C16H29N3/c1-5-16(6-2,13-17-7-3)14-19(4)12-15-10-8-9-11-18-15/h8-11,17H,5-7,12-14H2,1-4H3. The lowest BCUT2D eigenvalue weighted by Gasteiger charge is -2.36. The average molecular weight is 263 g/mol. The molecular weight excluding hydrogens is 234 g/mol. The van der Waals surface area contributed by atoms with Gasteiger partial charge in [-0.3, -0.25) is 9.88 Å². The van der Waals surface area contributed by atoms with E-state index in [0.29, 0.717) is 5.41 Å². The zero-order valence-electron chi connectivity index (χ0n) is 12.9. The number of nitrogens with one attached hydrogen (secondary N) is 1. The van der Waals surface area contributed by atoms with Gasteiger partial charge < -0.3 is 5.32 Å². The van der Waals surface area contributed by atoms with E-state index in [-0.39, 0.29) is 0 Å². The van der Waals surface area contributed by atoms with Crippen molar-refractivity contribution in [3.8, 4) is 0 Å². The molecule has 0 aromatic carbocycles. The molecule has 0 aliphatic heterocycles. The van der Waals surface area contributed by atoms with Crippen LogP contribution in [-0.4, -0.2) is 36.6 Å². The highest BCUT2D eigenvalue weighted by Gasteiger charge is 2.27. The summed E-state index contributed by atoms with van der Waals surface area (Å²) in [7, 11) is 2.20. The first-order chi connectivity index (χ1) is 9.15. The summed E-state index contributed by atoms with van der Waals surface area (Å²) in [4.78, 5) is 6.80. The predicted octanol–water partition coefficient (Wildman–Crippen LogP) is 2.93. The highest BCUT2D eigenvalue weighted by atomic mass is 15.1. The molecule has 0 bridgehead atoms. The molecule has 0 fully saturated rings. The van der Waals surface area contributed by atoms with E-state index in [2.05, 4.69) is 55.2 Å². The smallest absolute Gasteiger partial charge is 0.0543 e. The SMILES string of the molecule is CCNCC(CC)(CC)CN(C)Cc1ccccn1. The molecule has 3 heteroatoms. The number of hydrogen-bond donors (Lipinski definition) is 1. The molecule has 0 aliphatic rings. The summed E-state index contributed by atoms with van der Waals surface area (Å²) in [5.41, 5.74) is 1.52. The lowest BCUT2D eigenvalue weighted by Crippen LogP contribution is -2.42.